The normalized spacial score (nSPS) is 18.3. The molecule has 0 saturated heterocycles. The van der Waals surface area contributed by atoms with Crippen molar-refractivity contribution in [1.82, 2.24) is 0 Å². The lowest BCUT2D eigenvalue weighted by atomic mass is 9.97. The minimum Gasteiger partial charge on any atom is -0.252 e. The number of rotatable bonds is 0. The highest BCUT2D eigenvalue weighted by atomic mass is 127. The van der Waals surface area contributed by atoms with Crippen LogP contribution in [0.15, 0.2) is 44.7 Å². The van der Waals surface area contributed by atoms with E-state index >= 15 is 0 Å². The molecule has 0 spiro atoms. The van der Waals surface area contributed by atoms with Crippen molar-refractivity contribution in [1.29, 1.82) is 0 Å². The minimum atomic E-state index is -0.134. The molecule has 1 heterocycles. The number of halogens is 2. The molecule has 2 aliphatic rings. The molecule has 0 N–H and O–H groups in total. The molecule has 15 heavy (non-hydrogen) atoms. The third-order valence-corrected chi connectivity index (χ3v) is 3.54. The molecule has 3 heteroatoms. The molecule has 0 unspecified atom stereocenters. The maximum absolute atomic E-state index is 13.9. The first-order chi connectivity index (χ1) is 7.27. The van der Waals surface area contributed by atoms with Crippen molar-refractivity contribution in [3.63, 3.8) is 0 Å². The maximum Gasteiger partial charge on any atom is 0.145 e. The van der Waals surface area contributed by atoms with Crippen LogP contribution < -0.4 is 0 Å². The Balaban J connectivity index is 2.29. The molecule has 1 aliphatic carbocycles. The van der Waals surface area contributed by atoms with Gasteiger partial charge in [-0.25, -0.2) is 4.39 Å². The van der Waals surface area contributed by atoms with Gasteiger partial charge in [0.1, 0.15) is 5.83 Å². The molecule has 0 radical (unpaired) electrons. The van der Waals surface area contributed by atoms with E-state index in [9.17, 15) is 4.39 Å². The monoisotopic (exact) mass is 311 g/mol. The van der Waals surface area contributed by atoms with Crippen molar-refractivity contribution in [2.75, 3.05) is 0 Å². The van der Waals surface area contributed by atoms with E-state index in [4.69, 9.17) is 0 Å². The standard InChI is InChI=1S/C12H7FIN/c13-12-8(14)5-6-10-11(12)7-3-1-2-4-9(7)15-10/h1-5H,6H2. The first-order valence-corrected chi connectivity index (χ1v) is 5.78. The summed E-state index contributed by atoms with van der Waals surface area (Å²) in [7, 11) is 0. The number of allylic oxidation sites excluding steroid dienone is 4. The van der Waals surface area contributed by atoms with Crippen LogP contribution in [-0.2, 0) is 0 Å². The first-order valence-electron chi connectivity index (χ1n) is 4.70. The second kappa shape index (κ2) is 3.27. The Labute approximate surface area is 101 Å². The van der Waals surface area contributed by atoms with Crippen LogP contribution in [0.4, 0.5) is 10.1 Å². The number of aliphatic imine (C=N–C) groups is 1. The van der Waals surface area contributed by atoms with Crippen molar-refractivity contribution < 1.29 is 4.39 Å². The highest BCUT2D eigenvalue weighted by molar-refractivity contribution is 14.1. The molecule has 0 saturated carbocycles. The molecular formula is C12H7FIN. The van der Waals surface area contributed by atoms with Crippen molar-refractivity contribution in [3.05, 3.63) is 45.3 Å². The Morgan fingerprint density at radius 3 is 2.93 bits per heavy atom. The second-order valence-corrected chi connectivity index (χ2v) is 4.68. The topological polar surface area (TPSA) is 12.4 Å². The predicted molar refractivity (Wildman–Crippen MR) is 68.3 cm³/mol. The summed E-state index contributed by atoms with van der Waals surface area (Å²) < 4.78 is 14.6. The summed E-state index contributed by atoms with van der Waals surface area (Å²) in [6.45, 7) is 0. The van der Waals surface area contributed by atoms with Gasteiger partial charge in [0.25, 0.3) is 0 Å². The highest BCUT2D eigenvalue weighted by Crippen LogP contribution is 2.43. The Hall–Kier alpha value is -0.970. The first kappa shape index (κ1) is 9.27. The van der Waals surface area contributed by atoms with Gasteiger partial charge < -0.3 is 0 Å². The van der Waals surface area contributed by atoms with Crippen molar-refractivity contribution in [2.45, 2.75) is 6.42 Å². The van der Waals surface area contributed by atoms with E-state index in [0.717, 1.165) is 23.4 Å². The summed E-state index contributed by atoms with van der Waals surface area (Å²) in [4.78, 5) is 4.43. The maximum atomic E-state index is 13.9. The SMILES string of the molecule is FC1=C2C(=Nc3ccccc32)CC=C1I. The molecule has 1 nitrogen and oxygen atoms in total. The van der Waals surface area contributed by atoms with Crippen LogP contribution in [0.1, 0.15) is 12.0 Å². The van der Waals surface area contributed by atoms with E-state index in [0.29, 0.717) is 9.15 Å². The van der Waals surface area contributed by atoms with E-state index in [1.165, 1.54) is 0 Å². The number of hydrogen-bond acceptors (Lipinski definition) is 1. The zero-order valence-electron chi connectivity index (χ0n) is 7.80. The van der Waals surface area contributed by atoms with Gasteiger partial charge in [-0.2, -0.15) is 0 Å². The molecular weight excluding hydrogens is 304 g/mol. The molecule has 0 bridgehead atoms. The van der Waals surface area contributed by atoms with Gasteiger partial charge in [-0.3, -0.25) is 4.99 Å². The molecule has 0 amide bonds. The molecule has 0 fully saturated rings. The van der Waals surface area contributed by atoms with Crippen LogP contribution in [0.2, 0.25) is 0 Å². The predicted octanol–water partition coefficient (Wildman–Crippen LogP) is 4.18. The van der Waals surface area contributed by atoms with E-state index in [-0.39, 0.29) is 5.83 Å². The fraction of sp³-hybridized carbons (Fsp3) is 0.0833. The quantitative estimate of drug-likeness (QED) is 0.638. The van der Waals surface area contributed by atoms with Crippen molar-refractivity contribution >= 4 is 39.6 Å². The van der Waals surface area contributed by atoms with Crippen LogP contribution in [0.25, 0.3) is 5.57 Å². The van der Waals surface area contributed by atoms with Crippen LogP contribution in [-0.4, -0.2) is 5.71 Å². The molecule has 1 aromatic rings. The fourth-order valence-electron chi connectivity index (χ4n) is 1.93. The number of fused-ring (bicyclic) bond motifs is 3. The smallest absolute Gasteiger partial charge is 0.145 e. The lowest BCUT2D eigenvalue weighted by molar-refractivity contribution is 0.668. The summed E-state index contributed by atoms with van der Waals surface area (Å²) in [5.41, 5.74) is 3.36. The van der Waals surface area contributed by atoms with Crippen LogP contribution in [0.5, 0.6) is 0 Å². The van der Waals surface area contributed by atoms with E-state index in [1.54, 1.807) is 0 Å². The Morgan fingerprint density at radius 1 is 1.27 bits per heavy atom. The highest BCUT2D eigenvalue weighted by Gasteiger charge is 2.27. The lowest BCUT2D eigenvalue weighted by Gasteiger charge is -2.10. The van der Waals surface area contributed by atoms with Gasteiger partial charge in [0.05, 0.1) is 11.4 Å². The molecule has 0 aromatic heterocycles. The third-order valence-electron chi connectivity index (χ3n) is 2.62. The Bertz CT molecular complexity index is 540. The Morgan fingerprint density at radius 2 is 2.07 bits per heavy atom. The summed E-state index contributed by atoms with van der Waals surface area (Å²) in [5.74, 6) is -0.134. The Kier molecular flexibility index (Phi) is 2.02. The van der Waals surface area contributed by atoms with Crippen molar-refractivity contribution in [3.8, 4) is 0 Å². The molecule has 74 valence electrons. The molecule has 0 atom stereocenters. The van der Waals surface area contributed by atoms with Crippen LogP contribution >= 0.6 is 22.6 Å². The summed E-state index contributed by atoms with van der Waals surface area (Å²) in [6, 6.07) is 7.70. The van der Waals surface area contributed by atoms with Crippen molar-refractivity contribution in [2.24, 2.45) is 4.99 Å². The van der Waals surface area contributed by atoms with Gasteiger partial charge in [0.15, 0.2) is 0 Å². The number of benzene rings is 1. The van der Waals surface area contributed by atoms with Crippen LogP contribution in [0, 0.1) is 0 Å². The van der Waals surface area contributed by atoms with Gasteiger partial charge in [0.2, 0.25) is 0 Å². The second-order valence-electron chi connectivity index (χ2n) is 3.52. The van der Waals surface area contributed by atoms with Gasteiger partial charge in [-0.1, -0.05) is 24.3 Å². The molecule has 1 aromatic carbocycles. The minimum absolute atomic E-state index is 0.134. The fourth-order valence-corrected chi connectivity index (χ4v) is 2.42. The average molecular weight is 311 g/mol. The van der Waals surface area contributed by atoms with E-state index < -0.39 is 0 Å². The largest absolute Gasteiger partial charge is 0.252 e. The third kappa shape index (κ3) is 1.29. The van der Waals surface area contributed by atoms with E-state index in [1.807, 2.05) is 52.9 Å². The summed E-state index contributed by atoms with van der Waals surface area (Å²) in [6.07, 6.45) is 2.61. The zero-order chi connectivity index (χ0) is 10.4. The van der Waals surface area contributed by atoms with Gasteiger partial charge in [-0.15, -0.1) is 0 Å². The molecule has 3 rings (SSSR count). The molecule has 1 aliphatic heterocycles. The average Bonchev–Trinajstić information content (AvgIpc) is 2.62. The van der Waals surface area contributed by atoms with E-state index in [2.05, 4.69) is 4.99 Å². The van der Waals surface area contributed by atoms with Crippen LogP contribution in [0.3, 0.4) is 0 Å². The number of hydrogen-bond donors (Lipinski definition) is 0. The zero-order valence-corrected chi connectivity index (χ0v) is 9.95. The van der Waals surface area contributed by atoms with Gasteiger partial charge in [-0.05, 0) is 28.7 Å². The van der Waals surface area contributed by atoms with Gasteiger partial charge >= 0.3 is 0 Å². The van der Waals surface area contributed by atoms with Gasteiger partial charge in [0, 0.05) is 21.1 Å². The number of nitrogens with zero attached hydrogens (tertiary/aromatic N) is 1. The number of para-hydroxylation sites is 1. The lowest BCUT2D eigenvalue weighted by Crippen LogP contribution is -2.03. The summed E-state index contributed by atoms with van der Waals surface area (Å²) in [5, 5.41) is 0. The summed E-state index contributed by atoms with van der Waals surface area (Å²) >= 11 is 2.03.